The van der Waals surface area contributed by atoms with Gasteiger partial charge in [0.25, 0.3) is 0 Å². The number of hydrogen-bond acceptors (Lipinski definition) is 5. The van der Waals surface area contributed by atoms with Crippen molar-refractivity contribution in [3.05, 3.63) is 16.1 Å². The third-order valence-electron chi connectivity index (χ3n) is 4.13. The van der Waals surface area contributed by atoms with E-state index in [0.717, 1.165) is 19.6 Å². The highest BCUT2D eigenvalue weighted by Gasteiger charge is 2.27. The fourth-order valence-electron chi connectivity index (χ4n) is 2.91. The molecule has 1 N–H and O–H groups in total. The normalized spacial score (nSPS) is 31.0. The minimum Gasteiger partial charge on any atom is -0.313 e. The van der Waals surface area contributed by atoms with E-state index in [-0.39, 0.29) is 0 Å². The standard InChI is InChI=1S/C13H22N4S/c1-16-5-3-10(8-16)13-15-11(9-18-13)12-7-14-4-6-17(12)2/h9-10,12,14H,3-8H2,1-2H3. The number of thiazole rings is 1. The first-order valence-electron chi connectivity index (χ1n) is 6.79. The molecule has 3 heterocycles. The van der Waals surface area contributed by atoms with Gasteiger partial charge in [0.05, 0.1) is 16.7 Å². The first-order chi connectivity index (χ1) is 8.74. The fraction of sp³-hybridized carbons (Fsp3) is 0.769. The highest BCUT2D eigenvalue weighted by molar-refractivity contribution is 7.09. The second kappa shape index (κ2) is 5.25. The molecule has 5 heteroatoms. The van der Waals surface area contributed by atoms with E-state index in [1.165, 1.54) is 30.2 Å². The summed E-state index contributed by atoms with van der Waals surface area (Å²) in [7, 11) is 4.40. The van der Waals surface area contributed by atoms with Crippen LogP contribution in [0.25, 0.3) is 0 Å². The van der Waals surface area contributed by atoms with Gasteiger partial charge in [-0.2, -0.15) is 0 Å². The maximum atomic E-state index is 4.91. The van der Waals surface area contributed by atoms with Gasteiger partial charge >= 0.3 is 0 Å². The Morgan fingerprint density at radius 3 is 3.00 bits per heavy atom. The van der Waals surface area contributed by atoms with Crippen LogP contribution in [0.4, 0.5) is 0 Å². The van der Waals surface area contributed by atoms with Crippen LogP contribution in [0.5, 0.6) is 0 Å². The van der Waals surface area contributed by atoms with Crippen LogP contribution >= 0.6 is 11.3 Å². The lowest BCUT2D eigenvalue weighted by atomic mass is 10.1. The molecule has 4 nitrogen and oxygen atoms in total. The van der Waals surface area contributed by atoms with Crippen LogP contribution in [0.3, 0.4) is 0 Å². The molecule has 0 aliphatic carbocycles. The molecule has 2 atom stereocenters. The molecular formula is C13H22N4S. The van der Waals surface area contributed by atoms with Gasteiger partial charge in [-0.3, -0.25) is 4.90 Å². The Balaban J connectivity index is 1.72. The van der Waals surface area contributed by atoms with Crippen LogP contribution in [-0.4, -0.2) is 61.6 Å². The summed E-state index contributed by atoms with van der Waals surface area (Å²) in [5.74, 6) is 0.663. The van der Waals surface area contributed by atoms with Crippen LogP contribution < -0.4 is 5.32 Å². The van der Waals surface area contributed by atoms with Crippen molar-refractivity contribution >= 4 is 11.3 Å². The van der Waals surface area contributed by atoms with E-state index in [2.05, 4.69) is 34.6 Å². The minimum atomic E-state index is 0.461. The van der Waals surface area contributed by atoms with E-state index in [9.17, 15) is 0 Å². The second-order valence-electron chi connectivity index (χ2n) is 5.56. The lowest BCUT2D eigenvalue weighted by Crippen LogP contribution is -2.43. The maximum Gasteiger partial charge on any atom is 0.0973 e. The first-order valence-corrected chi connectivity index (χ1v) is 7.67. The number of nitrogens with one attached hydrogen (secondary N) is 1. The predicted molar refractivity (Wildman–Crippen MR) is 75.2 cm³/mol. The summed E-state index contributed by atoms with van der Waals surface area (Å²) in [6, 6.07) is 0.461. The Morgan fingerprint density at radius 2 is 2.28 bits per heavy atom. The van der Waals surface area contributed by atoms with Crippen LogP contribution in [0, 0.1) is 0 Å². The average molecular weight is 266 g/mol. The quantitative estimate of drug-likeness (QED) is 0.870. The number of rotatable bonds is 2. The largest absolute Gasteiger partial charge is 0.313 e. The molecule has 0 saturated carbocycles. The van der Waals surface area contributed by atoms with Crippen molar-refractivity contribution in [2.75, 3.05) is 46.8 Å². The number of likely N-dealkylation sites (tertiary alicyclic amines) is 1. The minimum absolute atomic E-state index is 0.461. The molecule has 1 aromatic rings. The number of nitrogens with zero attached hydrogens (tertiary/aromatic N) is 3. The predicted octanol–water partition coefficient (Wildman–Crippen LogP) is 1.14. The lowest BCUT2D eigenvalue weighted by molar-refractivity contribution is 0.199. The second-order valence-corrected chi connectivity index (χ2v) is 6.45. The SMILES string of the molecule is CN1CCC(c2nc(C3CNCCN3C)cs2)C1. The molecule has 0 aromatic carbocycles. The van der Waals surface area contributed by atoms with Gasteiger partial charge in [-0.25, -0.2) is 4.98 Å². The van der Waals surface area contributed by atoms with Gasteiger partial charge in [-0.15, -0.1) is 11.3 Å². The van der Waals surface area contributed by atoms with Crippen molar-refractivity contribution in [3.63, 3.8) is 0 Å². The molecule has 2 aliphatic heterocycles. The van der Waals surface area contributed by atoms with E-state index < -0.39 is 0 Å². The molecule has 0 bridgehead atoms. The first kappa shape index (κ1) is 12.5. The van der Waals surface area contributed by atoms with Crippen molar-refractivity contribution in [1.29, 1.82) is 0 Å². The van der Waals surface area contributed by atoms with Crippen molar-refractivity contribution in [2.45, 2.75) is 18.4 Å². The average Bonchev–Trinajstić information content (AvgIpc) is 2.98. The van der Waals surface area contributed by atoms with Crippen molar-refractivity contribution in [3.8, 4) is 0 Å². The zero-order chi connectivity index (χ0) is 12.5. The van der Waals surface area contributed by atoms with Crippen molar-refractivity contribution in [1.82, 2.24) is 20.1 Å². The molecule has 3 rings (SSSR count). The number of likely N-dealkylation sites (N-methyl/N-ethyl adjacent to an activating group) is 2. The Morgan fingerprint density at radius 1 is 1.39 bits per heavy atom. The van der Waals surface area contributed by atoms with E-state index >= 15 is 0 Å². The molecule has 0 spiro atoms. The zero-order valence-corrected chi connectivity index (χ0v) is 12.0. The molecule has 2 aliphatic rings. The van der Waals surface area contributed by atoms with Crippen LogP contribution in [0.1, 0.15) is 29.1 Å². The van der Waals surface area contributed by atoms with Gasteiger partial charge in [0.1, 0.15) is 0 Å². The smallest absolute Gasteiger partial charge is 0.0973 e. The Kier molecular flexibility index (Phi) is 3.66. The van der Waals surface area contributed by atoms with E-state index in [1.807, 2.05) is 11.3 Å². The molecular weight excluding hydrogens is 244 g/mol. The Labute approximate surface area is 113 Å². The van der Waals surface area contributed by atoms with E-state index in [4.69, 9.17) is 4.98 Å². The summed E-state index contributed by atoms with van der Waals surface area (Å²) in [4.78, 5) is 9.73. The molecule has 1 aromatic heterocycles. The van der Waals surface area contributed by atoms with Gasteiger partial charge < -0.3 is 10.2 Å². The summed E-state index contributed by atoms with van der Waals surface area (Å²) in [5.41, 5.74) is 1.26. The Bertz CT molecular complexity index is 405. The van der Waals surface area contributed by atoms with Gasteiger partial charge in [0.15, 0.2) is 0 Å². The van der Waals surface area contributed by atoms with Gasteiger partial charge in [0.2, 0.25) is 0 Å². The summed E-state index contributed by atoms with van der Waals surface area (Å²) in [5, 5.41) is 7.07. The molecule has 2 unspecified atom stereocenters. The fourth-order valence-corrected chi connectivity index (χ4v) is 3.91. The third-order valence-corrected chi connectivity index (χ3v) is 5.16. The lowest BCUT2D eigenvalue weighted by Gasteiger charge is -2.31. The van der Waals surface area contributed by atoms with E-state index in [0.29, 0.717) is 12.0 Å². The summed E-state index contributed by atoms with van der Waals surface area (Å²) >= 11 is 1.85. The zero-order valence-electron chi connectivity index (χ0n) is 11.2. The monoisotopic (exact) mass is 266 g/mol. The molecule has 18 heavy (non-hydrogen) atoms. The maximum absolute atomic E-state index is 4.91. The molecule has 0 radical (unpaired) electrons. The van der Waals surface area contributed by atoms with Crippen LogP contribution in [-0.2, 0) is 0 Å². The van der Waals surface area contributed by atoms with E-state index in [1.54, 1.807) is 0 Å². The molecule has 2 saturated heterocycles. The third kappa shape index (κ3) is 2.45. The summed E-state index contributed by atoms with van der Waals surface area (Å²) in [6.07, 6.45) is 1.27. The van der Waals surface area contributed by atoms with Crippen molar-refractivity contribution < 1.29 is 0 Å². The molecule has 2 fully saturated rings. The van der Waals surface area contributed by atoms with Gasteiger partial charge in [-0.05, 0) is 27.1 Å². The van der Waals surface area contributed by atoms with Crippen LogP contribution in [0.15, 0.2) is 5.38 Å². The number of aromatic nitrogens is 1. The van der Waals surface area contributed by atoms with Gasteiger partial charge in [-0.1, -0.05) is 0 Å². The molecule has 0 amide bonds. The van der Waals surface area contributed by atoms with Crippen molar-refractivity contribution in [2.24, 2.45) is 0 Å². The summed E-state index contributed by atoms with van der Waals surface area (Å²) in [6.45, 7) is 5.63. The topological polar surface area (TPSA) is 31.4 Å². The highest BCUT2D eigenvalue weighted by Crippen LogP contribution is 2.31. The summed E-state index contributed by atoms with van der Waals surface area (Å²) < 4.78 is 0. The van der Waals surface area contributed by atoms with Crippen LogP contribution in [0.2, 0.25) is 0 Å². The molecule has 100 valence electrons. The number of piperazine rings is 1. The Hall–Kier alpha value is -0.490. The number of hydrogen-bond donors (Lipinski definition) is 1. The highest BCUT2D eigenvalue weighted by atomic mass is 32.1. The van der Waals surface area contributed by atoms with Gasteiger partial charge in [0, 0.05) is 37.5 Å².